The van der Waals surface area contributed by atoms with Crippen LogP contribution in [-0.2, 0) is 0 Å². The first-order valence-electron chi connectivity index (χ1n) is 5.90. The van der Waals surface area contributed by atoms with Crippen molar-refractivity contribution in [3.05, 3.63) is 23.5 Å². The molecule has 0 spiro atoms. The van der Waals surface area contributed by atoms with Crippen molar-refractivity contribution < 1.29 is 17.6 Å². The number of pyridine rings is 1. The van der Waals surface area contributed by atoms with Crippen LogP contribution in [0.2, 0.25) is 0 Å². The molecule has 2 nitrogen and oxygen atoms in total. The van der Waals surface area contributed by atoms with Crippen LogP contribution in [-0.4, -0.2) is 17.6 Å². The molecular formula is C12H14F4N2. The van der Waals surface area contributed by atoms with Crippen molar-refractivity contribution in [1.29, 1.82) is 0 Å². The Bertz CT molecular complexity index is 438. The van der Waals surface area contributed by atoms with Crippen LogP contribution in [0.25, 0.3) is 0 Å². The number of nitrogens with zero attached hydrogens (tertiary/aromatic N) is 2. The van der Waals surface area contributed by atoms with E-state index < -0.39 is 29.2 Å². The van der Waals surface area contributed by atoms with Gasteiger partial charge in [-0.2, -0.15) is 22.5 Å². The second kappa shape index (κ2) is 4.74. The van der Waals surface area contributed by atoms with E-state index in [1.165, 1.54) is 4.90 Å². The molecule has 18 heavy (non-hydrogen) atoms. The summed E-state index contributed by atoms with van der Waals surface area (Å²) in [7, 11) is 0. The van der Waals surface area contributed by atoms with Crippen molar-refractivity contribution >= 4 is 5.69 Å². The molecule has 2 atom stereocenters. The molecule has 100 valence electrons. The smallest absolute Gasteiger partial charge is 0.253 e. The molecule has 6 heteroatoms. The normalized spacial score (nSPS) is 24.4. The number of rotatable bonds is 1. The molecule has 2 unspecified atom stereocenters. The Kier molecular flexibility index (Phi) is 3.45. The number of hydrogen-bond donors (Lipinski definition) is 0. The minimum atomic E-state index is -1.60. The number of piperidine rings is 1. The fourth-order valence-corrected chi connectivity index (χ4v) is 2.38. The minimum Gasteiger partial charge on any atom is -0.364 e. The Hall–Kier alpha value is -1.33. The van der Waals surface area contributed by atoms with Gasteiger partial charge in [0, 0.05) is 12.6 Å². The molecule has 1 aromatic heterocycles. The maximum Gasteiger partial charge on any atom is 0.253 e. The molecule has 0 amide bonds. The summed E-state index contributed by atoms with van der Waals surface area (Å²) in [6, 6.07) is -0.177. The van der Waals surface area contributed by atoms with Crippen LogP contribution in [0, 0.1) is 29.4 Å². The predicted molar refractivity (Wildman–Crippen MR) is 59.3 cm³/mol. The Balaban J connectivity index is 2.50. The van der Waals surface area contributed by atoms with Crippen molar-refractivity contribution in [2.45, 2.75) is 32.7 Å². The van der Waals surface area contributed by atoms with E-state index in [0.717, 1.165) is 12.8 Å². The van der Waals surface area contributed by atoms with E-state index in [4.69, 9.17) is 0 Å². The number of hydrogen-bond acceptors (Lipinski definition) is 2. The van der Waals surface area contributed by atoms with E-state index in [0.29, 0.717) is 6.54 Å². The highest BCUT2D eigenvalue weighted by atomic mass is 19.2. The highest BCUT2D eigenvalue weighted by Crippen LogP contribution is 2.33. The van der Waals surface area contributed by atoms with Crippen LogP contribution in [0.15, 0.2) is 0 Å². The van der Waals surface area contributed by atoms with Crippen LogP contribution >= 0.6 is 0 Å². The molecule has 1 fully saturated rings. The van der Waals surface area contributed by atoms with Crippen molar-refractivity contribution in [3.63, 3.8) is 0 Å². The molecule has 1 saturated heterocycles. The summed E-state index contributed by atoms with van der Waals surface area (Å²) < 4.78 is 53.4. The van der Waals surface area contributed by atoms with E-state index in [9.17, 15) is 17.6 Å². The van der Waals surface area contributed by atoms with Gasteiger partial charge in [-0.05, 0) is 25.7 Å². The van der Waals surface area contributed by atoms with Crippen LogP contribution in [0.5, 0.6) is 0 Å². The minimum absolute atomic E-state index is 0.177. The first kappa shape index (κ1) is 13.1. The largest absolute Gasteiger partial charge is 0.364 e. The Morgan fingerprint density at radius 2 is 1.61 bits per heavy atom. The summed E-state index contributed by atoms with van der Waals surface area (Å²) in [6.07, 6.45) is 1.66. The van der Waals surface area contributed by atoms with Gasteiger partial charge in [0.15, 0.2) is 0 Å². The summed E-state index contributed by atoms with van der Waals surface area (Å²) in [4.78, 5) is 3.94. The van der Waals surface area contributed by atoms with Crippen LogP contribution < -0.4 is 4.90 Å². The van der Waals surface area contributed by atoms with Crippen LogP contribution in [0.1, 0.15) is 26.7 Å². The molecular weight excluding hydrogens is 248 g/mol. The zero-order chi connectivity index (χ0) is 13.4. The predicted octanol–water partition coefficient (Wildman–Crippen LogP) is 3.26. The zero-order valence-electron chi connectivity index (χ0n) is 10.2. The fourth-order valence-electron chi connectivity index (χ4n) is 2.38. The third-order valence-corrected chi connectivity index (χ3v) is 3.64. The molecule has 2 rings (SSSR count). The van der Waals surface area contributed by atoms with E-state index in [-0.39, 0.29) is 12.0 Å². The third kappa shape index (κ3) is 2.04. The highest BCUT2D eigenvalue weighted by molar-refractivity contribution is 5.50. The topological polar surface area (TPSA) is 16.1 Å². The Labute approximate surface area is 103 Å². The maximum atomic E-state index is 13.6. The van der Waals surface area contributed by atoms with Gasteiger partial charge in [0.2, 0.25) is 11.6 Å². The van der Waals surface area contributed by atoms with Gasteiger partial charge in [0.25, 0.3) is 11.9 Å². The summed E-state index contributed by atoms with van der Waals surface area (Å²) in [5.41, 5.74) is -0.640. The molecule has 1 aliphatic heterocycles. The number of halogens is 4. The molecule has 1 aliphatic rings. The summed E-state index contributed by atoms with van der Waals surface area (Å²) >= 11 is 0. The Morgan fingerprint density at radius 1 is 1.06 bits per heavy atom. The Morgan fingerprint density at radius 3 is 2.17 bits per heavy atom. The van der Waals surface area contributed by atoms with E-state index in [1.54, 1.807) is 6.92 Å². The second-order valence-corrected chi connectivity index (χ2v) is 4.72. The molecule has 0 radical (unpaired) electrons. The highest BCUT2D eigenvalue weighted by Gasteiger charge is 2.32. The van der Waals surface area contributed by atoms with Gasteiger partial charge < -0.3 is 4.90 Å². The van der Waals surface area contributed by atoms with Gasteiger partial charge in [-0.3, -0.25) is 0 Å². The first-order valence-corrected chi connectivity index (χ1v) is 5.90. The molecule has 2 heterocycles. The second-order valence-electron chi connectivity index (χ2n) is 4.72. The van der Waals surface area contributed by atoms with Gasteiger partial charge in [-0.25, -0.2) is 0 Å². The van der Waals surface area contributed by atoms with Gasteiger partial charge in [0.05, 0.1) is 0 Å². The van der Waals surface area contributed by atoms with Crippen LogP contribution in [0.4, 0.5) is 23.2 Å². The molecule has 0 bridgehead atoms. The van der Waals surface area contributed by atoms with Gasteiger partial charge in [-0.1, -0.05) is 6.92 Å². The standard InChI is InChI=1S/C12H14F4N2/c1-6-4-3-5-18(7(6)2)10-8(13)11(15)17-12(16)9(10)14/h6-7H,3-5H2,1-2H3. The monoisotopic (exact) mass is 262 g/mol. The van der Waals surface area contributed by atoms with E-state index >= 15 is 0 Å². The molecule has 0 N–H and O–H groups in total. The van der Waals surface area contributed by atoms with Crippen molar-refractivity contribution in [2.75, 3.05) is 11.4 Å². The third-order valence-electron chi connectivity index (χ3n) is 3.64. The van der Waals surface area contributed by atoms with Crippen LogP contribution in [0.3, 0.4) is 0 Å². The number of anilines is 1. The molecule has 0 aliphatic carbocycles. The van der Waals surface area contributed by atoms with E-state index in [2.05, 4.69) is 4.98 Å². The zero-order valence-corrected chi connectivity index (χ0v) is 10.2. The lowest BCUT2D eigenvalue weighted by Crippen LogP contribution is -2.43. The van der Waals surface area contributed by atoms with Crippen molar-refractivity contribution in [3.8, 4) is 0 Å². The van der Waals surface area contributed by atoms with Crippen molar-refractivity contribution in [2.24, 2.45) is 5.92 Å². The average molecular weight is 262 g/mol. The molecule has 0 aromatic carbocycles. The van der Waals surface area contributed by atoms with Crippen molar-refractivity contribution in [1.82, 2.24) is 4.98 Å². The lowest BCUT2D eigenvalue weighted by molar-refractivity contribution is 0.345. The average Bonchev–Trinajstić information content (AvgIpc) is 2.32. The van der Waals surface area contributed by atoms with Gasteiger partial charge in [0.1, 0.15) is 5.69 Å². The quantitative estimate of drug-likeness (QED) is 0.570. The maximum absolute atomic E-state index is 13.6. The van der Waals surface area contributed by atoms with Gasteiger partial charge in [-0.15, -0.1) is 0 Å². The molecule has 0 saturated carbocycles. The fraction of sp³-hybridized carbons (Fsp3) is 0.583. The number of aromatic nitrogens is 1. The summed E-state index contributed by atoms with van der Waals surface area (Å²) in [5.74, 6) is -5.84. The SMILES string of the molecule is CC1CCCN(c2c(F)c(F)nc(F)c2F)C1C. The summed E-state index contributed by atoms with van der Waals surface area (Å²) in [5, 5.41) is 0. The lowest BCUT2D eigenvalue weighted by atomic mass is 9.91. The summed E-state index contributed by atoms with van der Waals surface area (Å²) in [6.45, 7) is 4.11. The first-order chi connectivity index (χ1) is 8.43. The lowest BCUT2D eigenvalue weighted by Gasteiger charge is -2.39. The van der Waals surface area contributed by atoms with E-state index in [1.807, 2.05) is 6.92 Å². The molecule has 1 aromatic rings. The van der Waals surface area contributed by atoms with Gasteiger partial charge >= 0.3 is 0 Å².